The van der Waals surface area contributed by atoms with Gasteiger partial charge in [0.05, 0.1) is 11.5 Å². The minimum absolute atomic E-state index is 0.00171. The Hall–Kier alpha value is 0.230. The smallest absolute Gasteiger partial charge is 0.152 e. The molecule has 1 fully saturated rings. The van der Waals surface area contributed by atoms with Crippen molar-refractivity contribution >= 4 is 34.7 Å². The van der Waals surface area contributed by atoms with Crippen molar-refractivity contribution in [1.82, 2.24) is 4.98 Å². The number of halogens is 1. The van der Waals surface area contributed by atoms with E-state index >= 15 is 0 Å². The molecule has 0 radical (unpaired) electrons. The first kappa shape index (κ1) is 11.7. The molecule has 0 bridgehead atoms. The van der Waals surface area contributed by atoms with Gasteiger partial charge in [-0.25, -0.2) is 4.98 Å². The molecule has 1 heterocycles. The molecule has 0 saturated heterocycles. The summed E-state index contributed by atoms with van der Waals surface area (Å²) in [6, 6.07) is 0. The van der Waals surface area contributed by atoms with Gasteiger partial charge >= 0.3 is 0 Å². The van der Waals surface area contributed by atoms with E-state index in [-0.39, 0.29) is 6.61 Å². The zero-order chi connectivity index (χ0) is 10.7. The third kappa shape index (κ3) is 3.09. The zero-order valence-electron chi connectivity index (χ0n) is 8.41. The van der Waals surface area contributed by atoms with Crippen LogP contribution in [-0.4, -0.2) is 15.3 Å². The molecular weight excluding hydrogens is 250 g/mol. The number of thioether (sulfide) groups is 1. The lowest BCUT2D eigenvalue weighted by molar-refractivity contribution is 0.285. The molecular formula is C10H14ClNOS2. The molecule has 1 saturated carbocycles. The largest absolute Gasteiger partial charge is 0.391 e. The lowest BCUT2D eigenvalue weighted by Crippen LogP contribution is -2.07. The number of hydrogen-bond acceptors (Lipinski definition) is 4. The van der Waals surface area contributed by atoms with Crippen molar-refractivity contribution in [3.8, 4) is 0 Å². The summed E-state index contributed by atoms with van der Waals surface area (Å²) in [6.07, 6.45) is 6.62. The van der Waals surface area contributed by atoms with E-state index in [1.54, 1.807) is 0 Å². The zero-order valence-corrected chi connectivity index (χ0v) is 10.8. The highest BCUT2D eigenvalue weighted by Gasteiger charge is 2.17. The molecule has 0 aliphatic heterocycles. The molecule has 1 aromatic rings. The molecule has 0 spiro atoms. The highest BCUT2D eigenvalue weighted by molar-refractivity contribution is 8.01. The van der Waals surface area contributed by atoms with Gasteiger partial charge in [0, 0.05) is 5.25 Å². The maximum Gasteiger partial charge on any atom is 0.152 e. The van der Waals surface area contributed by atoms with Crippen molar-refractivity contribution in [2.45, 2.75) is 48.3 Å². The Labute approximate surface area is 103 Å². The molecule has 1 aromatic heterocycles. The van der Waals surface area contributed by atoms with Crippen LogP contribution in [-0.2, 0) is 6.61 Å². The van der Waals surface area contributed by atoms with Gasteiger partial charge in [-0.05, 0) is 12.8 Å². The average molecular weight is 264 g/mol. The maximum absolute atomic E-state index is 9.01. The van der Waals surface area contributed by atoms with Crippen LogP contribution in [0.25, 0.3) is 0 Å². The molecule has 15 heavy (non-hydrogen) atoms. The van der Waals surface area contributed by atoms with E-state index in [0.29, 0.717) is 10.4 Å². The fourth-order valence-electron chi connectivity index (χ4n) is 1.79. The molecule has 0 unspecified atom stereocenters. The van der Waals surface area contributed by atoms with Crippen molar-refractivity contribution in [3.05, 3.63) is 10.0 Å². The Bertz CT molecular complexity index is 323. The van der Waals surface area contributed by atoms with Crippen LogP contribution in [0.15, 0.2) is 4.34 Å². The summed E-state index contributed by atoms with van der Waals surface area (Å²) >= 11 is 9.24. The molecule has 1 aliphatic carbocycles. The van der Waals surface area contributed by atoms with E-state index in [2.05, 4.69) is 4.98 Å². The highest BCUT2D eigenvalue weighted by Crippen LogP contribution is 2.37. The molecule has 1 aliphatic rings. The summed E-state index contributed by atoms with van der Waals surface area (Å²) < 4.78 is 1.01. The van der Waals surface area contributed by atoms with Crippen molar-refractivity contribution < 1.29 is 5.11 Å². The summed E-state index contributed by atoms with van der Waals surface area (Å²) in [7, 11) is 0. The predicted octanol–water partition coefficient (Wildman–Crippen LogP) is 3.71. The average Bonchev–Trinajstić information content (AvgIpc) is 2.60. The van der Waals surface area contributed by atoms with E-state index in [1.165, 1.54) is 43.4 Å². The van der Waals surface area contributed by atoms with Crippen LogP contribution in [0.3, 0.4) is 0 Å². The number of aliphatic hydroxyl groups excluding tert-OH is 1. The first-order chi connectivity index (χ1) is 7.29. The molecule has 1 N–H and O–H groups in total. The molecule has 0 aromatic carbocycles. The van der Waals surface area contributed by atoms with Gasteiger partial charge in [-0.15, -0.1) is 11.3 Å². The summed E-state index contributed by atoms with van der Waals surface area (Å²) in [6.45, 7) is 0.00171. The molecule has 84 valence electrons. The number of thiazole rings is 1. The van der Waals surface area contributed by atoms with Crippen LogP contribution in [0.2, 0.25) is 5.15 Å². The third-order valence-electron chi connectivity index (χ3n) is 2.59. The van der Waals surface area contributed by atoms with Gasteiger partial charge in [0.1, 0.15) is 5.15 Å². The van der Waals surface area contributed by atoms with Crippen molar-refractivity contribution in [1.29, 1.82) is 0 Å². The maximum atomic E-state index is 9.01. The molecule has 2 rings (SSSR count). The monoisotopic (exact) mass is 263 g/mol. The fraction of sp³-hybridized carbons (Fsp3) is 0.700. The van der Waals surface area contributed by atoms with Gasteiger partial charge in [0.15, 0.2) is 4.34 Å². The summed E-state index contributed by atoms with van der Waals surface area (Å²) in [5, 5.41) is 10.2. The van der Waals surface area contributed by atoms with Crippen molar-refractivity contribution in [2.75, 3.05) is 0 Å². The Morgan fingerprint density at radius 2 is 2.13 bits per heavy atom. The van der Waals surface area contributed by atoms with E-state index < -0.39 is 0 Å². The lowest BCUT2D eigenvalue weighted by atomic mass is 10.0. The van der Waals surface area contributed by atoms with E-state index in [4.69, 9.17) is 16.7 Å². The topological polar surface area (TPSA) is 33.1 Å². The predicted molar refractivity (Wildman–Crippen MR) is 65.8 cm³/mol. The summed E-state index contributed by atoms with van der Waals surface area (Å²) in [5.74, 6) is 0. The van der Waals surface area contributed by atoms with Crippen LogP contribution in [0.5, 0.6) is 0 Å². The molecule has 2 nitrogen and oxygen atoms in total. The van der Waals surface area contributed by atoms with Crippen LogP contribution in [0.4, 0.5) is 0 Å². The Balaban J connectivity index is 1.97. The Kier molecular flexibility index (Phi) is 4.31. The van der Waals surface area contributed by atoms with E-state index in [1.807, 2.05) is 11.8 Å². The minimum Gasteiger partial charge on any atom is -0.391 e. The van der Waals surface area contributed by atoms with Gasteiger partial charge in [0.25, 0.3) is 0 Å². The summed E-state index contributed by atoms with van der Waals surface area (Å²) in [5.41, 5.74) is 0. The van der Waals surface area contributed by atoms with Crippen LogP contribution in [0, 0.1) is 0 Å². The summed E-state index contributed by atoms with van der Waals surface area (Å²) in [4.78, 5) is 5.05. The SMILES string of the molecule is OCc1sc(SC2CCCCC2)nc1Cl. The second-order valence-electron chi connectivity index (χ2n) is 3.73. The number of hydrogen-bond donors (Lipinski definition) is 1. The number of aromatic nitrogens is 1. The fourth-order valence-corrected chi connectivity index (χ4v) is 4.59. The van der Waals surface area contributed by atoms with Gasteiger partial charge in [-0.2, -0.15) is 0 Å². The number of aliphatic hydroxyl groups is 1. The normalized spacial score (nSPS) is 18.3. The van der Waals surface area contributed by atoms with E-state index in [9.17, 15) is 0 Å². The van der Waals surface area contributed by atoms with Crippen LogP contribution < -0.4 is 0 Å². The van der Waals surface area contributed by atoms with Crippen molar-refractivity contribution in [3.63, 3.8) is 0 Å². The lowest BCUT2D eigenvalue weighted by Gasteiger charge is -2.19. The van der Waals surface area contributed by atoms with Crippen LogP contribution >= 0.6 is 34.7 Å². The van der Waals surface area contributed by atoms with Gasteiger partial charge in [-0.3, -0.25) is 0 Å². The number of rotatable bonds is 3. The molecule has 0 amide bonds. The Morgan fingerprint density at radius 1 is 1.40 bits per heavy atom. The second-order valence-corrected chi connectivity index (χ2v) is 6.72. The minimum atomic E-state index is 0.00171. The highest BCUT2D eigenvalue weighted by atomic mass is 35.5. The van der Waals surface area contributed by atoms with Gasteiger partial charge in [0.2, 0.25) is 0 Å². The van der Waals surface area contributed by atoms with Crippen molar-refractivity contribution in [2.24, 2.45) is 0 Å². The van der Waals surface area contributed by atoms with Crippen LogP contribution in [0.1, 0.15) is 37.0 Å². The van der Waals surface area contributed by atoms with Gasteiger partial charge in [-0.1, -0.05) is 42.6 Å². The second kappa shape index (κ2) is 5.53. The van der Waals surface area contributed by atoms with E-state index in [0.717, 1.165) is 9.22 Å². The third-order valence-corrected chi connectivity index (χ3v) is 5.49. The first-order valence-electron chi connectivity index (χ1n) is 5.22. The molecule has 5 heteroatoms. The first-order valence-corrected chi connectivity index (χ1v) is 7.29. The number of nitrogens with zero attached hydrogens (tertiary/aromatic N) is 1. The quantitative estimate of drug-likeness (QED) is 0.902. The van der Waals surface area contributed by atoms with Gasteiger partial charge < -0.3 is 5.11 Å². The Morgan fingerprint density at radius 3 is 2.73 bits per heavy atom. The standard InChI is InChI=1S/C10H14ClNOS2/c11-9-8(6-13)15-10(12-9)14-7-4-2-1-3-5-7/h7,13H,1-6H2. The molecule has 0 atom stereocenters.